The normalized spacial score (nSPS) is 13.1. The molecule has 3 heteroatoms. The number of nitrogens with one attached hydrogen (secondary N) is 1. The lowest BCUT2D eigenvalue weighted by Crippen LogP contribution is -2.29. The highest BCUT2D eigenvalue weighted by molar-refractivity contribution is 4.97. The van der Waals surface area contributed by atoms with Crippen molar-refractivity contribution in [3.8, 4) is 0 Å². The fourth-order valence-corrected chi connectivity index (χ4v) is 1.56. The zero-order valence-corrected chi connectivity index (χ0v) is 9.20. The van der Waals surface area contributed by atoms with Gasteiger partial charge in [-0.25, -0.2) is 0 Å². The van der Waals surface area contributed by atoms with Crippen molar-refractivity contribution >= 4 is 0 Å². The summed E-state index contributed by atoms with van der Waals surface area (Å²) in [5, 5.41) is 3.31. The molecule has 0 fully saturated rings. The number of aromatic nitrogens is 2. The first-order valence-electron chi connectivity index (χ1n) is 5.14. The lowest BCUT2D eigenvalue weighted by Gasteiger charge is -2.17. The molecule has 0 spiro atoms. The lowest BCUT2D eigenvalue weighted by molar-refractivity contribution is 0.438. The number of rotatable bonds is 5. The van der Waals surface area contributed by atoms with E-state index in [1.54, 1.807) is 12.4 Å². The van der Waals surface area contributed by atoms with Crippen molar-refractivity contribution in [2.24, 2.45) is 5.92 Å². The van der Waals surface area contributed by atoms with Crippen LogP contribution in [0.25, 0.3) is 0 Å². The molecule has 78 valence electrons. The van der Waals surface area contributed by atoms with Gasteiger partial charge in [-0.2, -0.15) is 0 Å². The predicted molar refractivity (Wildman–Crippen MR) is 58.0 cm³/mol. The molecule has 0 amide bonds. The van der Waals surface area contributed by atoms with E-state index < -0.39 is 0 Å². The van der Waals surface area contributed by atoms with Gasteiger partial charge in [0.15, 0.2) is 0 Å². The van der Waals surface area contributed by atoms with Crippen LogP contribution < -0.4 is 5.32 Å². The molecule has 1 N–H and O–H groups in total. The zero-order chi connectivity index (χ0) is 10.4. The van der Waals surface area contributed by atoms with Gasteiger partial charge in [-0.1, -0.05) is 13.8 Å². The third-order valence-corrected chi connectivity index (χ3v) is 2.24. The van der Waals surface area contributed by atoms with E-state index in [0.29, 0.717) is 12.0 Å². The van der Waals surface area contributed by atoms with Gasteiger partial charge in [0.1, 0.15) is 0 Å². The first-order chi connectivity index (χ1) is 6.72. The minimum absolute atomic E-state index is 0.506. The van der Waals surface area contributed by atoms with Gasteiger partial charge < -0.3 is 5.32 Å². The number of hydrogen-bond donors (Lipinski definition) is 1. The van der Waals surface area contributed by atoms with E-state index in [4.69, 9.17) is 0 Å². The smallest absolute Gasteiger partial charge is 0.0602 e. The van der Waals surface area contributed by atoms with Gasteiger partial charge in [0.25, 0.3) is 0 Å². The largest absolute Gasteiger partial charge is 0.317 e. The van der Waals surface area contributed by atoms with E-state index in [-0.39, 0.29) is 0 Å². The molecule has 0 aliphatic carbocycles. The molecule has 0 aliphatic rings. The summed E-state index contributed by atoms with van der Waals surface area (Å²) in [4.78, 5) is 8.33. The van der Waals surface area contributed by atoms with Crippen LogP contribution in [0, 0.1) is 5.92 Å². The molecule has 0 saturated carbocycles. The van der Waals surface area contributed by atoms with Gasteiger partial charge in [0.05, 0.1) is 5.69 Å². The maximum atomic E-state index is 4.27. The van der Waals surface area contributed by atoms with E-state index in [1.165, 1.54) is 6.42 Å². The molecular weight excluding hydrogens is 174 g/mol. The molecule has 1 aromatic heterocycles. The standard InChI is InChI=1S/C11H19N3/c1-9(2)6-10(12-3)7-11-8-13-4-5-14-11/h4-5,8-10,12H,6-7H2,1-3H3. The summed E-state index contributed by atoms with van der Waals surface area (Å²) < 4.78 is 0. The molecule has 0 radical (unpaired) electrons. The summed E-state index contributed by atoms with van der Waals surface area (Å²) in [5.74, 6) is 0.712. The number of hydrogen-bond acceptors (Lipinski definition) is 3. The summed E-state index contributed by atoms with van der Waals surface area (Å²) in [6.45, 7) is 4.47. The molecule has 0 bridgehead atoms. The molecule has 0 aliphatic heterocycles. The Morgan fingerprint density at radius 2 is 2.14 bits per heavy atom. The SMILES string of the molecule is CNC(Cc1cnccn1)CC(C)C. The van der Waals surface area contributed by atoms with Crippen LogP contribution in [0.1, 0.15) is 26.0 Å². The Balaban J connectivity index is 2.48. The molecular formula is C11H19N3. The van der Waals surface area contributed by atoms with Gasteiger partial charge in [-0.05, 0) is 19.4 Å². The second-order valence-corrected chi connectivity index (χ2v) is 4.02. The van der Waals surface area contributed by atoms with Crippen LogP contribution in [0.4, 0.5) is 0 Å². The quantitative estimate of drug-likeness (QED) is 0.772. The Bertz CT molecular complexity index is 246. The van der Waals surface area contributed by atoms with Crippen LogP contribution in [0.3, 0.4) is 0 Å². The topological polar surface area (TPSA) is 37.8 Å². The second kappa shape index (κ2) is 5.70. The van der Waals surface area contributed by atoms with E-state index in [1.807, 2.05) is 13.2 Å². The summed E-state index contributed by atoms with van der Waals surface area (Å²) in [6.07, 6.45) is 7.43. The number of likely N-dealkylation sites (N-methyl/N-ethyl adjacent to an activating group) is 1. The van der Waals surface area contributed by atoms with Gasteiger partial charge in [-0.3, -0.25) is 9.97 Å². The lowest BCUT2D eigenvalue weighted by atomic mass is 10.0. The van der Waals surface area contributed by atoms with Crippen molar-refractivity contribution in [3.63, 3.8) is 0 Å². The molecule has 1 aromatic rings. The highest BCUT2D eigenvalue weighted by Crippen LogP contribution is 2.08. The van der Waals surface area contributed by atoms with Crippen LogP contribution in [-0.4, -0.2) is 23.1 Å². The van der Waals surface area contributed by atoms with Crippen molar-refractivity contribution in [2.75, 3.05) is 7.05 Å². The van der Waals surface area contributed by atoms with Gasteiger partial charge in [-0.15, -0.1) is 0 Å². The highest BCUT2D eigenvalue weighted by atomic mass is 14.9. The minimum atomic E-state index is 0.506. The Labute approximate surface area is 86.0 Å². The summed E-state index contributed by atoms with van der Waals surface area (Å²) in [5.41, 5.74) is 1.06. The third kappa shape index (κ3) is 3.83. The maximum absolute atomic E-state index is 4.27. The average Bonchev–Trinajstić information content (AvgIpc) is 2.17. The summed E-state index contributed by atoms with van der Waals surface area (Å²) in [7, 11) is 2.00. The van der Waals surface area contributed by atoms with Crippen molar-refractivity contribution in [3.05, 3.63) is 24.3 Å². The van der Waals surface area contributed by atoms with E-state index in [2.05, 4.69) is 29.1 Å². The van der Waals surface area contributed by atoms with Gasteiger partial charge in [0.2, 0.25) is 0 Å². The van der Waals surface area contributed by atoms with E-state index in [0.717, 1.165) is 12.1 Å². The molecule has 14 heavy (non-hydrogen) atoms. The number of nitrogens with zero attached hydrogens (tertiary/aromatic N) is 2. The van der Waals surface area contributed by atoms with Crippen molar-refractivity contribution in [2.45, 2.75) is 32.7 Å². The molecule has 1 heterocycles. The molecule has 1 unspecified atom stereocenters. The Hall–Kier alpha value is -0.960. The fraction of sp³-hybridized carbons (Fsp3) is 0.636. The minimum Gasteiger partial charge on any atom is -0.317 e. The van der Waals surface area contributed by atoms with Gasteiger partial charge in [0, 0.05) is 31.1 Å². The van der Waals surface area contributed by atoms with Crippen molar-refractivity contribution < 1.29 is 0 Å². The average molecular weight is 193 g/mol. The zero-order valence-electron chi connectivity index (χ0n) is 9.20. The maximum Gasteiger partial charge on any atom is 0.0602 e. The van der Waals surface area contributed by atoms with Crippen molar-refractivity contribution in [1.82, 2.24) is 15.3 Å². The van der Waals surface area contributed by atoms with Gasteiger partial charge >= 0.3 is 0 Å². The fourth-order valence-electron chi connectivity index (χ4n) is 1.56. The molecule has 3 nitrogen and oxygen atoms in total. The van der Waals surface area contributed by atoms with Crippen LogP contribution in [0.15, 0.2) is 18.6 Å². The van der Waals surface area contributed by atoms with Crippen LogP contribution >= 0.6 is 0 Å². The van der Waals surface area contributed by atoms with Crippen LogP contribution in [-0.2, 0) is 6.42 Å². The summed E-state index contributed by atoms with van der Waals surface area (Å²) >= 11 is 0. The van der Waals surface area contributed by atoms with Crippen LogP contribution in [0.2, 0.25) is 0 Å². The molecule has 1 rings (SSSR count). The monoisotopic (exact) mass is 193 g/mol. The van der Waals surface area contributed by atoms with Crippen molar-refractivity contribution in [1.29, 1.82) is 0 Å². The molecule has 0 aromatic carbocycles. The Kier molecular flexibility index (Phi) is 4.53. The molecule has 1 atom stereocenters. The highest BCUT2D eigenvalue weighted by Gasteiger charge is 2.09. The second-order valence-electron chi connectivity index (χ2n) is 4.02. The van der Waals surface area contributed by atoms with E-state index >= 15 is 0 Å². The summed E-state index contributed by atoms with van der Waals surface area (Å²) in [6, 6.07) is 0.506. The predicted octanol–water partition coefficient (Wildman–Crippen LogP) is 1.65. The Morgan fingerprint density at radius 1 is 1.36 bits per heavy atom. The van der Waals surface area contributed by atoms with Crippen LogP contribution in [0.5, 0.6) is 0 Å². The third-order valence-electron chi connectivity index (χ3n) is 2.24. The first-order valence-corrected chi connectivity index (χ1v) is 5.14. The van der Waals surface area contributed by atoms with E-state index in [9.17, 15) is 0 Å². The Morgan fingerprint density at radius 3 is 2.64 bits per heavy atom. The first kappa shape index (κ1) is 11.1. The molecule has 0 saturated heterocycles.